The Morgan fingerprint density at radius 3 is 2.90 bits per heavy atom. The summed E-state index contributed by atoms with van der Waals surface area (Å²) in [5.41, 5.74) is 7.69. The number of halogens is 2. The molecule has 8 nitrogen and oxygen atoms in total. The molecule has 4 rings (SSSR count). The Hall–Kier alpha value is -3.06. The van der Waals surface area contributed by atoms with Crippen LogP contribution >= 0.6 is 34.5 Å². The lowest BCUT2D eigenvalue weighted by molar-refractivity contribution is 0.302. The fourth-order valence-corrected chi connectivity index (χ4v) is 3.83. The van der Waals surface area contributed by atoms with Gasteiger partial charge in [-0.2, -0.15) is 10.2 Å². The van der Waals surface area contributed by atoms with E-state index in [0.717, 1.165) is 5.56 Å². The summed E-state index contributed by atoms with van der Waals surface area (Å²) >= 11 is 13.5. The normalized spacial score (nSPS) is 10.8. The summed E-state index contributed by atoms with van der Waals surface area (Å²) in [6, 6.07) is 9.41. The first kappa shape index (κ1) is 19.3. The highest BCUT2D eigenvalue weighted by Crippen LogP contribution is 2.31. The van der Waals surface area contributed by atoms with Gasteiger partial charge in [-0.25, -0.2) is 9.97 Å². The largest absolute Gasteiger partial charge is 0.463 e. The molecule has 0 saturated carbocycles. The number of hydrogen-bond donors (Lipinski definition) is 2. The van der Waals surface area contributed by atoms with Crippen molar-refractivity contribution < 1.29 is 4.74 Å². The summed E-state index contributed by atoms with van der Waals surface area (Å²) in [5, 5.41) is 13.6. The molecular weight excluding hydrogens is 433 g/mol. The number of anilines is 2. The summed E-state index contributed by atoms with van der Waals surface area (Å²) < 4.78 is 7.59. The third-order valence-electron chi connectivity index (χ3n) is 3.93. The van der Waals surface area contributed by atoms with Crippen molar-refractivity contribution in [3.63, 3.8) is 0 Å². The van der Waals surface area contributed by atoms with Crippen molar-refractivity contribution in [3.05, 3.63) is 51.6 Å². The Bertz CT molecular complexity index is 1230. The van der Waals surface area contributed by atoms with Crippen molar-refractivity contribution in [1.29, 1.82) is 5.26 Å². The molecular formula is C18H13Cl2N7OS. The molecule has 0 unspecified atom stereocenters. The number of nitrogen functional groups attached to an aromatic ring is 1. The summed E-state index contributed by atoms with van der Waals surface area (Å²) in [6.45, 7) is 0.751. The number of benzene rings is 1. The van der Waals surface area contributed by atoms with E-state index >= 15 is 0 Å². The van der Waals surface area contributed by atoms with Gasteiger partial charge in [0.05, 0.1) is 17.3 Å². The predicted molar refractivity (Wildman–Crippen MR) is 114 cm³/mol. The van der Waals surface area contributed by atoms with E-state index in [1.165, 1.54) is 11.3 Å². The zero-order valence-electron chi connectivity index (χ0n) is 14.8. The van der Waals surface area contributed by atoms with Crippen LogP contribution in [-0.4, -0.2) is 32.5 Å². The maximum absolute atomic E-state index is 8.94. The highest BCUT2D eigenvalue weighted by atomic mass is 35.5. The second kappa shape index (κ2) is 8.13. The first-order valence-electron chi connectivity index (χ1n) is 8.38. The molecule has 0 aliphatic rings. The number of fused-ring (bicyclic) bond motifs is 1. The van der Waals surface area contributed by atoms with Crippen LogP contribution in [0.3, 0.4) is 0 Å². The number of thiazole rings is 1. The van der Waals surface area contributed by atoms with Crippen molar-refractivity contribution in [1.82, 2.24) is 19.4 Å². The van der Waals surface area contributed by atoms with Gasteiger partial charge in [-0.05, 0) is 18.2 Å². The SMILES string of the molecule is N#Cc1sc(NCCOc2nc(-c3ccc(Cl)cc3Cl)cc3nccn23)nc1N. The highest BCUT2D eigenvalue weighted by Gasteiger charge is 2.13. The molecule has 0 amide bonds. The van der Waals surface area contributed by atoms with E-state index in [1.54, 1.807) is 35.0 Å². The van der Waals surface area contributed by atoms with Crippen LogP contribution in [0.15, 0.2) is 36.7 Å². The average Bonchev–Trinajstić information content (AvgIpc) is 3.31. The maximum atomic E-state index is 8.94. The Morgan fingerprint density at radius 2 is 2.14 bits per heavy atom. The third-order valence-corrected chi connectivity index (χ3v) is 5.41. The Labute approximate surface area is 179 Å². The molecule has 146 valence electrons. The van der Waals surface area contributed by atoms with Crippen LogP contribution in [0.2, 0.25) is 10.0 Å². The summed E-state index contributed by atoms with van der Waals surface area (Å²) in [4.78, 5) is 13.4. The molecule has 1 aromatic carbocycles. The molecule has 0 saturated heterocycles. The number of nitrogens with zero attached hydrogens (tertiary/aromatic N) is 5. The average molecular weight is 446 g/mol. The van der Waals surface area contributed by atoms with Gasteiger partial charge in [0.2, 0.25) is 0 Å². The number of rotatable bonds is 6. The molecule has 3 N–H and O–H groups in total. The van der Waals surface area contributed by atoms with E-state index in [0.29, 0.717) is 50.6 Å². The van der Waals surface area contributed by atoms with Gasteiger partial charge in [0.1, 0.15) is 23.2 Å². The van der Waals surface area contributed by atoms with Crippen LogP contribution in [0, 0.1) is 11.3 Å². The van der Waals surface area contributed by atoms with Gasteiger partial charge >= 0.3 is 6.01 Å². The van der Waals surface area contributed by atoms with E-state index in [2.05, 4.69) is 20.3 Å². The van der Waals surface area contributed by atoms with E-state index < -0.39 is 0 Å². The number of nitrogens with one attached hydrogen (secondary N) is 1. The Kier molecular flexibility index (Phi) is 5.40. The molecule has 4 aromatic rings. The molecule has 0 aliphatic carbocycles. The molecule has 3 aromatic heterocycles. The first-order chi connectivity index (χ1) is 14.0. The van der Waals surface area contributed by atoms with Crippen LogP contribution in [0.1, 0.15) is 4.88 Å². The molecule has 0 bridgehead atoms. The van der Waals surface area contributed by atoms with E-state index in [4.69, 9.17) is 38.9 Å². The molecule has 0 atom stereocenters. The van der Waals surface area contributed by atoms with Crippen LogP contribution < -0.4 is 15.8 Å². The van der Waals surface area contributed by atoms with Crippen molar-refractivity contribution in [2.45, 2.75) is 0 Å². The summed E-state index contributed by atoms with van der Waals surface area (Å²) in [7, 11) is 0. The van der Waals surface area contributed by atoms with Gasteiger partial charge in [-0.15, -0.1) is 0 Å². The minimum Gasteiger partial charge on any atom is -0.463 e. The maximum Gasteiger partial charge on any atom is 0.302 e. The first-order valence-corrected chi connectivity index (χ1v) is 9.95. The fourth-order valence-electron chi connectivity index (χ4n) is 2.62. The van der Waals surface area contributed by atoms with E-state index in [-0.39, 0.29) is 5.82 Å². The van der Waals surface area contributed by atoms with Crippen molar-refractivity contribution in [2.75, 3.05) is 24.2 Å². The van der Waals surface area contributed by atoms with Crippen LogP contribution in [0.5, 0.6) is 6.01 Å². The lowest BCUT2D eigenvalue weighted by Gasteiger charge is -2.11. The highest BCUT2D eigenvalue weighted by molar-refractivity contribution is 7.16. The number of nitrogens with two attached hydrogens (primary N) is 1. The zero-order valence-corrected chi connectivity index (χ0v) is 17.1. The molecule has 3 heterocycles. The number of imidazole rings is 1. The molecule has 0 radical (unpaired) electrons. The quantitative estimate of drug-likeness (QED) is 0.429. The van der Waals surface area contributed by atoms with E-state index in [1.807, 2.05) is 12.1 Å². The standard InChI is InChI=1S/C18H13Cl2N7OS/c19-10-1-2-11(12(20)7-10)13-8-15-23-3-5-27(15)18(25-13)28-6-4-24-17-26-16(22)14(9-21)29-17/h1-3,5,7-8H,4,6,22H2,(H,24,26). The second-order valence-corrected chi connectivity index (χ2v) is 7.67. The summed E-state index contributed by atoms with van der Waals surface area (Å²) in [6.07, 6.45) is 3.43. The minimum absolute atomic E-state index is 0.218. The Balaban J connectivity index is 1.52. The molecule has 0 aliphatic heterocycles. The molecule has 0 fully saturated rings. The molecule has 29 heavy (non-hydrogen) atoms. The fraction of sp³-hybridized carbons (Fsp3) is 0.111. The van der Waals surface area contributed by atoms with Gasteiger partial charge in [0.25, 0.3) is 0 Å². The zero-order chi connectivity index (χ0) is 20.4. The molecule has 0 spiro atoms. The van der Waals surface area contributed by atoms with Gasteiger partial charge in [0, 0.05) is 29.0 Å². The summed E-state index contributed by atoms with van der Waals surface area (Å²) in [5.74, 6) is 0.218. The predicted octanol–water partition coefficient (Wildman–Crippen LogP) is 4.10. The second-order valence-electron chi connectivity index (χ2n) is 5.82. The lowest BCUT2D eigenvalue weighted by Crippen LogP contribution is -2.13. The van der Waals surface area contributed by atoms with Crippen molar-refractivity contribution >= 4 is 51.1 Å². The number of ether oxygens (including phenoxy) is 1. The van der Waals surface area contributed by atoms with Crippen LogP contribution in [0.4, 0.5) is 10.9 Å². The third kappa shape index (κ3) is 4.05. The van der Waals surface area contributed by atoms with Gasteiger partial charge in [-0.1, -0.05) is 34.5 Å². The lowest BCUT2D eigenvalue weighted by atomic mass is 10.1. The van der Waals surface area contributed by atoms with Crippen molar-refractivity contribution in [3.8, 4) is 23.3 Å². The van der Waals surface area contributed by atoms with Gasteiger partial charge < -0.3 is 15.8 Å². The van der Waals surface area contributed by atoms with Crippen LogP contribution in [0.25, 0.3) is 16.9 Å². The van der Waals surface area contributed by atoms with Gasteiger partial charge in [-0.3, -0.25) is 4.40 Å². The smallest absolute Gasteiger partial charge is 0.302 e. The van der Waals surface area contributed by atoms with E-state index in [9.17, 15) is 0 Å². The number of aromatic nitrogens is 4. The molecule has 11 heteroatoms. The van der Waals surface area contributed by atoms with Crippen molar-refractivity contribution in [2.24, 2.45) is 0 Å². The van der Waals surface area contributed by atoms with Crippen LogP contribution in [-0.2, 0) is 0 Å². The minimum atomic E-state index is 0.218. The topological polar surface area (TPSA) is 114 Å². The number of hydrogen-bond acceptors (Lipinski definition) is 8. The Morgan fingerprint density at radius 1 is 1.28 bits per heavy atom. The number of nitriles is 1. The van der Waals surface area contributed by atoms with Gasteiger partial charge in [0.15, 0.2) is 10.9 Å². The monoisotopic (exact) mass is 445 g/mol.